The van der Waals surface area contributed by atoms with Crippen molar-refractivity contribution < 1.29 is 27.9 Å². The van der Waals surface area contributed by atoms with E-state index in [1.165, 1.54) is 0 Å². The fraction of sp³-hybridized carbons (Fsp3) is 0.143. The van der Waals surface area contributed by atoms with Gasteiger partial charge in [0, 0.05) is 0 Å². The van der Waals surface area contributed by atoms with Gasteiger partial charge in [-0.1, -0.05) is 0 Å². The molecule has 1 aromatic rings. The molecule has 0 saturated heterocycles. The molecule has 14 heavy (non-hydrogen) atoms. The topological polar surface area (TPSA) is 60.7 Å². The summed E-state index contributed by atoms with van der Waals surface area (Å²) in [6, 6.07) is 3.01. The molecule has 0 amide bonds. The smallest absolute Gasteiger partial charge is 0.189 e. The van der Waals surface area contributed by atoms with E-state index in [2.05, 4.69) is 0 Å². The average Bonchev–Trinajstić information content (AvgIpc) is 2.01. The Morgan fingerprint density at radius 1 is 0.929 bits per heavy atom. The molecule has 1 aromatic carbocycles. The minimum absolute atomic E-state index is 0.314. The predicted octanol–water partition coefficient (Wildman–Crippen LogP) is 1.07. The number of benzene rings is 1. The van der Waals surface area contributed by atoms with Gasteiger partial charge in [-0.25, -0.2) is 0 Å². The van der Waals surface area contributed by atoms with Gasteiger partial charge in [0.25, 0.3) is 0 Å². The van der Waals surface area contributed by atoms with Crippen LogP contribution < -0.4 is 5.30 Å². The van der Waals surface area contributed by atoms with Crippen molar-refractivity contribution in [3.63, 3.8) is 0 Å². The van der Waals surface area contributed by atoms with E-state index in [1.54, 1.807) is 0 Å². The fourth-order valence-electron chi connectivity index (χ4n) is 0.850. The second-order valence-electron chi connectivity index (χ2n) is 2.61. The summed E-state index contributed by atoms with van der Waals surface area (Å²) < 4.78 is 36.1. The molecule has 0 unspecified atom stereocenters. The van der Waals surface area contributed by atoms with E-state index in [4.69, 9.17) is 14.7 Å². The van der Waals surface area contributed by atoms with Crippen molar-refractivity contribution in [1.82, 2.24) is 0 Å². The fourth-order valence-corrected chi connectivity index (χ4v) is 1.40. The molecule has 0 fully saturated rings. The maximum atomic E-state index is 12.0. The van der Waals surface area contributed by atoms with Gasteiger partial charge < -0.3 is 0 Å². The van der Waals surface area contributed by atoms with Crippen LogP contribution in [0.25, 0.3) is 0 Å². The lowest BCUT2D eigenvalue weighted by Gasteiger charge is -2.07. The maximum Gasteiger partial charge on any atom is 0.440 e. The highest BCUT2D eigenvalue weighted by molar-refractivity contribution is 7.66. The van der Waals surface area contributed by atoms with Gasteiger partial charge in [0.15, 0.2) is 5.30 Å². The highest BCUT2D eigenvalue weighted by atomic mass is 31.2. The quantitative estimate of drug-likeness (QED) is 0.629. The van der Waals surface area contributed by atoms with Gasteiger partial charge in [-0.3, -0.25) is 0 Å². The molecule has 0 saturated carbocycles. The Bertz CT molecular complexity index is 281. The summed E-state index contributed by atoms with van der Waals surface area (Å²) >= 11 is 0. The molecule has 0 radical (unpaired) electrons. The van der Waals surface area contributed by atoms with Gasteiger partial charge >= 0.3 is 14.1 Å². The molecule has 0 spiro atoms. The number of halogens is 3. The molecule has 0 aliphatic heterocycles. The van der Waals surface area contributed by atoms with Crippen LogP contribution in [0, 0.1) is 0 Å². The molecule has 0 aliphatic carbocycles. The van der Waals surface area contributed by atoms with Gasteiger partial charge in [-0.05, 0) is 24.3 Å². The summed E-state index contributed by atoms with van der Waals surface area (Å²) in [4.78, 5) is 26.2. The molecule has 0 heterocycles. The third-order valence-corrected chi connectivity index (χ3v) is 2.53. The lowest BCUT2D eigenvalue weighted by Crippen LogP contribution is -2.12. The minimum Gasteiger partial charge on any atom is -0.189 e. The van der Waals surface area contributed by atoms with Crippen molar-refractivity contribution >= 4 is 13.2 Å². The summed E-state index contributed by atoms with van der Waals surface area (Å²) in [6.45, 7) is 0. The van der Waals surface area contributed by atoms with Crippen LogP contribution >= 0.6 is 7.94 Å². The first kappa shape index (κ1) is 11.4. The molecule has 0 atom stereocenters. The van der Waals surface area contributed by atoms with Crippen molar-refractivity contribution in [2.45, 2.75) is 6.18 Å². The zero-order chi connectivity index (χ0) is 11.0. The Morgan fingerprint density at radius 2 is 1.36 bits per heavy atom. The molecule has 7 heteroatoms. The standard InChI is InChI=1S/C7H7F3O3P/c8-7(9,10)5-1-3-6(4-2-5)14(11,12)13/h1-4,11-13H/q+1. The average molecular weight is 227 g/mol. The number of rotatable bonds is 1. The minimum atomic E-state index is -4.47. The van der Waals surface area contributed by atoms with Crippen LogP contribution in [0.4, 0.5) is 13.2 Å². The Labute approximate surface area is 78.0 Å². The lowest BCUT2D eigenvalue weighted by atomic mass is 10.2. The number of hydrogen-bond acceptors (Lipinski definition) is 3. The summed E-state index contributed by atoms with van der Waals surface area (Å²) in [7, 11) is -4.21. The Kier molecular flexibility index (Phi) is 2.83. The normalized spacial score (nSPS) is 13.0. The van der Waals surface area contributed by atoms with E-state index in [9.17, 15) is 13.2 Å². The van der Waals surface area contributed by atoms with Crippen LogP contribution in [0.3, 0.4) is 0 Å². The van der Waals surface area contributed by atoms with Crippen LogP contribution in [-0.2, 0) is 6.18 Å². The molecule has 1 rings (SSSR count). The SMILES string of the molecule is O[P+](O)(O)c1ccc(C(F)(F)F)cc1. The van der Waals surface area contributed by atoms with E-state index in [1.807, 2.05) is 0 Å². The largest absolute Gasteiger partial charge is 0.440 e. The van der Waals surface area contributed by atoms with Crippen molar-refractivity contribution in [3.05, 3.63) is 29.8 Å². The Hall–Kier alpha value is -0.680. The van der Waals surface area contributed by atoms with E-state index in [-0.39, 0.29) is 5.30 Å². The molecule has 0 aliphatic rings. The molecule has 3 N–H and O–H groups in total. The molecule has 0 aromatic heterocycles. The van der Waals surface area contributed by atoms with Crippen LogP contribution in [-0.4, -0.2) is 14.7 Å². The highest BCUT2D eigenvalue weighted by Gasteiger charge is 2.36. The molecular formula is C7H7F3O3P+. The van der Waals surface area contributed by atoms with Gasteiger partial charge in [0.2, 0.25) is 0 Å². The first-order valence-corrected chi connectivity index (χ1v) is 5.11. The summed E-state index contributed by atoms with van der Waals surface area (Å²) in [5.74, 6) is 0. The van der Waals surface area contributed by atoms with Crippen molar-refractivity contribution in [2.75, 3.05) is 0 Å². The zero-order valence-corrected chi connectivity index (χ0v) is 7.63. The molecular weight excluding hydrogens is 220 g/mol. The summed E-state index contributed by atoms with van der Waals surface area (Å²) in [5.41, 5.74) is -0.908. The van der Waals surface area contributed by atoms with E-state index < -0.39 is 19.7 Å². The van der Waals surface area contributed by atoms with E-state index >= 15 is 0 Å². The highest BCUT2D eigenvalue weighted by Crippen LogP contribution is 2.43. The zero-order valence-electron chi connectivity index (χ0n) is 6.73. The van der Waals surface area contributed by atoms with Gasteiger partial charge in [-0.2, -0.15) is 27.9 Å². The number of alkyl halides is 3. The third kappa shape index (κ3) is 2.65. The van der Waals surface area contributed by atoms with Crippen LogP contribution in [0.15, 0.2) is 24.3 Å². The molecule has 0 bridgehead atoms. The summed E-state index contributed by atoms with van der Waals surface area (Å²) in [5, 5.41) is -0.314. The van der Waals surface area contributed by atoms with E-state index in [0.29, 0.717) is 12.1 Å². The first-order chi connectivity index (χ1) is 6.21. The Balaban J connectivity index is 3.02. The second-order valence-corrected chi connectivity index (χ2v) is 4.27. The van der Waals surface area contributed by atoms with Crippen LogP contribution in [0.1, 0.15) is 5.56 Å². The van der Waals surface area contributed by atoms with Gasteiger partial charge in [-0.15, -0.1) is 0 Å². The molecule has 78 valence electrons. The second kappa shape index (κ2) is 3.47. The van der Waals surface area contributed by atoms with Crippen LogP contribution in [0.2, 0.25) is 0 Å². The Morgan fingerprint density at radius 3 is 1.64 bits per heavy atom. The summed E-state index contributed by atoms with van der Waals surface area (Å²) in [6.07, 6.45) is -4.47. The van der Waals surface area contributed by atoms with Crippen LogP contribution in [0.5, 0.6) is 0 Å². The van der Waals surface area contributed by atoms with Gasteiger partial charge in [0.05, 0.1) is 5.56 Å². The number of hydrogen-bond donors (Lipinski definition) is 3. The predicted molar refractivity (Wildman–Crippen MR) is 44.7 cm³/mol. The van der Waals surface area contributed by atoms with Crippen molar-refractivity contribution in [2.24, 2.45) is 0 Å². The van der Waals surface area contributed by atoms with E-state index in [0.717, 1.165) is 12.1 Å². The maximum absolute atomic E-state index is 12.0. The van der Waals surface area contributed by atoms with Crippen molar-refractivity contribution in [1.29, 1.82) is 0 Å². The lowest BCUT2D eigenvalue weighted by molar-refractivity contribution is -0.137. The molecule has 3 nitrogen and oxygen atoms in total. The first-order valence-electron chi connectivity index (χ1n) is 3.46. The van der Waals surface area contributed by atoms with Gasteiger partial charge in [0.1, 0.15) is 0 Å². The van der Waals surface area contributed by atoms with Crippen molar-refractivity contribution in [3.8, 4) is 0 Å². The monoisotopic (exact) mass is 227 g/mol. The third-order valence-electron chi connectivity index (χ3n) is 1.54.